The van der Waals surface area contributed by atoms with E-state index in [9.17, 15) is 5.11 Å². The first-order chi connectivity index (χ1) is 5.86. The Bertz CT molecular complexity index is 223. The average Bonchev–Trinajstić information content (AvgIpc) is 2.15. The van der Waals surface area contributed by atoms with Gasteiger partial charge in [0, 0.05) is 12.7 Å². The van der Waals surface area contributed by atoms with Crippen LogP contribution in [0, 0.1) is 0 Å². The molecule has 1 rings (SSSR count). The monoisotopic (exact) mass is 167 g/mol. The van der Waals surface area contributed by atoms with Gasteiger partial charge in [-0.05, 0) is 11.6 Å². The minimum atomic E-state index is -0.243. The van der Waals surface area contributed by atoms with Crippen LogP contribution in [0.25, 0.3) is 0 Å². The van der Waals surface area contributed by atoms with Crippen LogP contribution in [0.15, 0.2) is 18.3 Å². The third-order valence-electron chi connectivity index (χ3n) is 1.41. The van der Waals surface area contributed by atoms with Crippen molar-refractivity contribution in [2.75, 3.05) is 18.5 Å². The van der Waals surface area contributed by atoms with Gasteiger partial charge in [-0.15, -0.1) is 0 Å². The average molecular weight is 167 g/mol. The molecule has 0 fully saturated rings. The summed E-state index contributed by atoms with van der Waals surface area (Å²) in [4.78, 5) is 3.96. The van der Waals surface area contributed by atoms with Crippen molar-refractivity contribution in [3.63, 3.8) is 0 Å². The molecule has 0 spiro atoms. The van der Waals surface area contributed by atoms with E-state index in [0.29, 0.717) is 17.9 Å². The van der Waals surface area contributed by atoms with Gasteiger partial charge in [0.1, 0.15) is 12.4 Å². The van der Waals surface area contributed by atoms with Crippen molar-refractivity contribution in [2.45, 2.75) is 6.61 Å². The molecule has 1 radical (unpaired) electrons. The first-order valence-corrected chi connectivity index (χ1v) is 3.74. The normalized spacial score (nSPS) is 9.83. The Hall–Kier alpha value is -1.13. The molecule has 1 aromatic heterocycles. The van der Waals surface area contributed by atoms with Crippen molar-refractivity contribution in [3.05, 3.63) is 23.9 Å². The van der Waals surface area contributed by atoms with Gasteiger partial charge >= 0.3 is 0 Å². The highest BCUT2D eigenvalue weighted by Crippen LogP contribution is 2.03. The van der Waals surface area contributed by atoms with E-state index in [1.54, 1.807) is 12.1 Å². The summed E-state index contributed by atoms with van der Waals surface area (Å²) >= 11 is 0. The maximum atomic E-state index is 10.4. The molecule has 0 bridgehead atoms. The Labute approximate surface area is 70.9 Å². The number of aliphatic hydroxyl groups excluding tert-OH is 1. The summed E-state index contributed by atoms with van der Waals surface area (Å²) in [5.41, 5.74) is 0.671. The second-order valence-corrected chi connectivity index (χ2v) is 2.35. The summed E-state index contributed by atoms with van der Waals surface area (Å²) in [6.07, 6.45) is 1.53. The fraction of sp³-hybridized carbons (Fsp3) is 0.375. The number of hydrogen-bond donors (Lipinski definition) is 2. The fourth-order valence-corrected chi connectivity index (χ4v) is 0.798. The SMILES string of the molecule is [O]Cc1ccc(NCCO)nc1. The molecule has 0 aliphatic heterocycles. The molecule has 4 nitrogen and oxygen atoms in total. The number of hydrogen-bond acceptors (Lipinski definition) is 3. The van der Waals surface area contributed by atoms with E-state index in [1.807, 2.05) is 0 Å². The van der Waals surface area contributed by atoms with E-state index in [1.165, 1.54) is 6.20 Å². The molecule has 0 amide bonds. The molecule has 0 aliphatic carbocycles. The van der Waals surface area contributed by atoms with Crippen LogP contribution in [0.1, 0.15) is 5.56 Å². The highest BCUT2D eigenvalue weighted by molar-refractivity contribution is 5.35. The third-order valence-corrected chi connectivity index (χ3v) is 1.41. The Morgan fingerprint density at radius 1 is 1.50 bits per heavy atom. The van der Waals surface area contributed by atoms with Crippen LogP contribution in [0.2, 0.25) is 0 Å². The van der Waals surface area contributed by atoms with E-state index in [2.05, 4.69) is 10.3 Å². The van der Waals surface area contributed by atoms with Crippen molar-refractivity contribution < 1.29 is 10.2 Å². The molecule has 0 saturated heterocycles. The molecule has 0 unspecified atom stereocenters. The van der Waals surface area contributed by atoms with Crippen molar-refractivity contribution >= 4 is 5.82 Å². The van der Waals surface area contributed by atoms with Crippen molar-refractivity contribution in [1.82, 2.24) is 4.98 Å². The molecule has 4 heteroatoms. The van der Waals surface area contributed by atoms with Gasteiger partial charge in [-0.2, -0.15) is 0 Å². The van der Waals surface area contributed by atoms with Crippen molar-refractivity contribution in [3.8, 4) is 0 Å². The molecule has 0 atom stereocenters. The Balaban J connectivity index is 2.53. The molecular weight excluding hydrogens is 156 g/mol. The van der Waals surface area contributed by atoms with Crippen molar-refractivity contribution in [2.24, 2.45) is 0 Å². The smallest absolute Gasteiger partial charge is 0.125 e. The van der Waals surface area contributed by atoms with Gasteiger partial charge < -0.3 is 10.4 Å². The maximum Gasteiger partial charge on any atom is 0.125 e. The summed E-state index contributed by atoms with van der Waals surface area (Å²) in [6.45, 7) is 0.308. The summed E-state index contributed by atoms with van der Waals surface area (Å²) in [7, 11) is 0. The first kappa shape index (κ1) is 8.96. The van der Waals surface area contributed by atoms with Crippen LogP contribution in [0.3, 0.4) is 0 Å². The second-order valence-electron chi connectivity index (χ2n) is 2.35. The Morgan fingerprint density at radius 2 is 2.33 bits per heavy atom. The fourth-order valence-electron chi connectivity index (χ4n) is 0.798. The van der Waals surface area contributed by atoms with E-state index in [0.717, 1.165) is 0 Å². The molecule has 1 aromatic rings. The lowest BCUT2D eigenvalue weighted by atomic mass is 10.3. The zero-order chi connectivity index (χ0) is 8.81. The predicted molar refractivity (Wildman–Crippen MR) is 44.2 cm³/mol. The maximum absolute atomic E-state index is 10.4. The number of nitrogens with one attached hydrogen (secondary N) is 1. The van der Waals surface area contributed by atoms with Gasteiger partial charge in [-0.3, -0.25) is 0 Å². The largest absolute Gasteiger partial charge is 0.395 e. The third kappa shape index (κ3) is 2.48. The highest BCUT2D eigenvalue weighted by atomic mass is 16.3. The molecule has 0 saturated carbocycles. The summed E-state index contributed by atoms with van der Waals surface area (Å²) in [5.74, 6) is 0.682. The Morgan fingerprint density at radius 3 is 2.83 bits per heavy atom. The van der Waals surface area contributed by atoms with Crippen LogP contribution < -0.4 is 5.32 Å². The number of aliphatic hydroxyl groups is 1. The first-order valence-electron chi connectivity index (χ1n) is 3.74. The molecule has 2 N–H and O–H groups in total. The Kier molecular flexibility index (Phi) is 3.50. The number of nitrogens with zero attached hydrogens (tertiary/aromatic N) is 1. The number of aromatic nitrogens is 1. The van der Waals surface area contributed by atoms with Gasteiger partial charge in [-0.25, -0.2) is 10.1 Å². The van der Waals surface area contributed by atoms with Gasteiger partial charge in [0.15, 0.2) is 0 Å². The van der Waals surface area contributed by atoms with Crippen LogP contribution in [-0.2, 0) is 11.7 Å². The van der Waals surface area contributed by atoms with E-state index < -0.39 is 0 Å². The van der Waals surface area contributed by atoms with Crippen LogP contribution in [0.5, 0.6) is 0 Å². The van der Waals surface area contributed by atoms with Crippen LogP contribution in [-0.4, -0.2) is 23.2 Å². The zero-order valence-electron chi connectivity index (χ0n) is 6.66. The quantitative estimate of drug-likeness (QED) is 0.682. The van der Waals surface area contributed by atoms with Crippen LogP contribution in [0.4, 0.5) is 5.82 Å². The zero-order valence-corrected chi connectivity index (χ0v) is 6.66. The van der Waals surface area contributed by atoms with Crippen LogP contribution >= 0.6 is 0 Å². The van der Waals surface area contributed by atoms with Crippen molar-refractivity contribution in [1.29, 1.82) is 0 Å². The van der Waals surface area contributed by atoms with E-state index >= 15 is 0 Å². The summed E-state index contributed by atoms with van der Waals surface area (Å²) in [6, 6.07) is 3.45. The number of rotatable bonds is 4. The number of anilines is 1. The minimum Gasteiger partial charge on any atom is -0.395 e. The van der Waals surface area contributed by atoms with E-state index in [4.69, 9.17) is 5.11 Å². The van der Waals surface area contributed by atoms with Gasteiger partial charge in [-0.1, -0.05) is 6.07 Å². The van der Waals surface area contributed by atoms with Gasteiger partial charge in [0.2, 0.25) is 0 Å². The molecule has 0 aliphatic rings. The van der Waals surface area contributed by atoms with Gasteiger partial charge in [0.25, 0.3) is 0 Å². The highest BCUT2D eigenvalue weighted by Gasteiger charge is 1.93. The number of pyridine rings is 1. The lowest BCUT2D eigenvalue weighted by molar-refractivity contribution is 0.177. The van der Waals surface area contributed by atoms with Gasteiger partial charge in [0.05, 0.1) is 6.61 Å². The molecule has 1 heterocycles. The molecule has 0 aromatic carbocycles. The second kappa shape index (κ2) is 4.69. The lowest BCUT2D eigenvalue weighted by Crippen LogP contribution is -2.06. The standard InChI is InChI=1S/C8H11N2O2/c11-4-3-9-8-2-1-7(6-12)5-10-8/h1-2,5,11H,3-4,6H2,(H,9,10). The predicted octanol–water partition coefficient (Wildman–Crippen LogP) is 0.416. The summed E-state index contributed by atoms with van der Waals surface area (Å²) < 4.78 is 0. The topological polar surface area (TPSA) is 65.0 Å². The minimum absolute atomic E-state index is 0.0744. The molecule has 65 valence electrons. The lowest BCUT2D eigenvalue weighted by Gasteiger charge is -2.02. The van der Waals surface area contributed by atoms with E-state index in [-0.39, 0.29) is 13.2 Å². The summed E-state index contributed by atoms with van der Waals surface area (Å²) in [5, 5.41) is 21.7. The molecule has 12 heavy (non-hydrogen) atoms. The molecular formula is C8H11N2O2.